The van der Waals surface area contributed by atoms with Crippen molar-refractivity contribution in [3.63, 3.8) is 0 Å². The number of urea groups is 1. The molecular weight excluding hydrogens is 554 g/mol. The molecule has 0 radical (unpaired) electrons. The summed E-state index contributed by atoms with van der Waals surface area (Å²) in [6.45, 7) is 5.18. The van der Waals surface area contributed by atoms with E-state index in [-0.39, 0.29) is 35.4 Å². The Labute approximate surface area is 246 Å². The average molecular weight is 594 g/mol. The highest BCUT2D eigenvalue weighted by atomic mass is 35.5. The second-order valence-corrected chi connectivity index (χ2v) is 12.0. The molecule has 218 valence electrons. The van der Waals surface area contributed by atoms with E-state index in [0.29, 0.717) is 36.8 Å². The van der Waals surface area contributed by atoms with Crippen LogP contribution in [0.2, 0.25) is 10.0 Å². The van der Waals surface area contributed by atoms with Crippen molar-refractivity contribution in [3.05, 3.63) is 63.4 Å². The minimum Gasteiger partial charge on any atom is -0.489 e. The molecule has 2 atom stereocenters. The Balaban J connectivity index is 1.45. The number of nitrogens with zero attached hydrogens (tertiary/aromatic N) is 3. The Morgan fingerprint density at radius 2 is 1.68 bits per heavy atom. The lowest BCUT2D eigenvalue weighted by molar-refractivity contribution is -0.134. The zero-order chi connectivity index (χ0) is 28.8. The maximum Gasteiger partial charge on any atom is 0.318 e. The molecule has 40 heavy (non-hydrogen) atoms. The van der Waals surface area contributed by atoms with Gasteiger partial charge in [-0.25, -0.2) is 9.18 Å². The number of hydrogen-bond donors (Lipinski definition) is 1. The maximum atomic E-state index is 14.7. The summed E-state index contributed by atoms with van der Waals surface area (Å²) >= 11 is 12.2. The standard InChI is InChI=1S/C30H39Cl2FN4O3/c1-20(19-35(2)3)40-28-18-24(32)8-9-25(28)21-10-14-36(15-11-21)29(38)27(34-30(39)37-12-4-5-13-37)16-22-6-7-23(31)17-26(22)33/h6-9,17-18,20-21,27H,4-5,10-16,19H2,1-3H3,(H,34,39)/t20-,27+/m0/s1. The van der Waals surface area contributed by atoms with Crippen molar-refractivity contribution in [3.8, 4) is 5.75 Å². The number of likely N-dealkylation sites (tertiary alicyclic amines) is 2. The number of hydrogen-bond acceptors (Lipinski definition) is 4. The van der Waals surface area contributed by atoms with Gasteiger partial charge in [-0.3, -0.25) is 4.79 Å². The summed E-state index contributed by atoms with van der Waals surface area (Å²) in [6, 6.07) is 9.01. The van der Waals surface area contributed by atoms with Gasteiger partial charge in [0.15, 0.2) is 0 Å². The molecule has 0 spiro atoms. The minimum absolute atomic E-state index is 0.0119. The fraction of sp³-hybridized carbons (Fsp3) is 0.533. The summed E-state index contributed by atoms with van der Waals surface area (Å²) in [5.41, 5.74) is 1.43. The van der Waals surface area contributed by atoms with Gasteiger partial charge >= 0.3 is 6.03 Å². The van der Waals surface area contributed by atoms with Crippen molar-refractivity contribution in [2.75, 3.05) is 46.8 Å². The number of amides is 3. The van der Waals surface area contributed by atoms with Gasteiger partial charge in [0.1, 0.15) is 23.7 Å². The molecule has 2 heterocycles. The third-order valence-corrected chi connectivity index (χ3v) is 8.07. The Hall–Kier alpha value is -2.55. The van der Waals surface area contributed by atoms with Gasteiger partial charge in [0.2, 0.25) is 5.91 Å². The van der Waals surface area contributed by atoms with Gasteiger partial charge in [-0.2, -0.15) is 0 Å². The fourth-order valence-electron chi connectivity index (χ4n) is 5.61. The van der Waals surface area contributed by atoms with Crippen LogP contribution in [0.1, 0.15) is 49.7 Å². The van der Waals surface area contributed by atoms with Crippen molar-refractivity contribution >= 4 is 35.1 Å². The minimum atomic E-state index is -0.873. The van der Waals surface area contributed by atoms with Gasteiger partial charge in [0.05, 0.1) is 0 Å². The van der Waals surface area contributed by atoms with Crippen LogP contribution in [0.5, 0.6) is 5.75 Å². The van der Waals surface area contributed by atoms with Gasteiger partial charge in [-0.05, 0) is 88.0 Å². The summed E-state index contributed by atoms with van der Waals surface area (Å²) in [7, 11) is 4.02. The lowest BCUT2D eigenvalue weighted by atomic mass is 9.88. The molecule has 2 fully saturated rings. The fourth-order valence-corrected chi connectivity index (χ4v) is 5.94. The topological polar surface area (TPSA) is 65.1 Å². The summed E-state index contributed by atoms with van der Waals surface area (Å²) in [6.07, 6.45) is 3.41. The van der Waals surface area contributed by atoms with Crippen LogP contribution in [0.3, 0.4) is 0 Å². The number of benzene rings is 2. The predicted octanol–water partition coefficient (Wildman–Crippen LogP) is 5.58. The molecule has 3 amide bonds. The molecule has 1 N–H and O–H groups in total. The molecule has 2 aliphatic heterocycles. The predicted molar refractivity (Wildman–Crippen MR) is 157 cm³/mol. The van der Waals surface area contributed by atoms with E-state index >= 15 is 0 Å². The van der Waals surface area contributed by atoms with Crippen molar-refractivity contribution in [1.82, 2.24) is 20.0 Å². The molecule has 2 aromatic carbocycles. The third-order valence-electron chi connectivity index (χ3n) is 7.60. The Kier molecular flexibility index (Phi) is 10.6. The molecule has 4 rings (SSSR count). The highest BCUT2D eigenvalue weighted by molar-refractivity contribution is 6.31. The Morgan fingerprint density at radius 1 is 1.02 bits per heavy atom. The van der Waals surface area contributed by atoms with Crippen LogP contribution >= 0.6 is 23.2 Å². The molecule has 10 heteroatoms. The van der Waals surface area contributed by atoms with Crippen molar-refractivity contribution < 1.29 is 18.7 Å². The molecular formula is C30H39Cl2FN4O3. The SMILES string of the molecule is C[C@@H](CN(C)C)Oc1cc(Cl)ccc1C1CCN(C(=O)[C@@H](Cc2ccc(Cl)cc2F)NC(=O)N2CCCC2)CC1. The lowest BCUT2D eigenvalue weighted by Gasteiger charge is -2.35. The lowest BCUT2D eigenvalue weighted by Crippen LogP contribution is -2.54. The van der Waals surface area contributed by atoms with Gasteiger partial charge < -0.3 is 24.8 Å². The van der Waals surface area contributed by atoms with E-state index < -0.39 is 11.9 Å². The Morgan fingerprint density at radius 3 is 2.33 bits per heavy atom. The highest BCUT2D eigenvalue weighted by Gasteiger charge is 2.33. The third kappa shape index (κ3) is 8.02. The average Bonchev–Trinajstić information content (AvgIpc) is 3.44. The summed E-state index contributed by atoms with van der Waals surface area (Å²) in [5, 5.41) is 3.81. The second kappa shape index (κ2) is 13.9. The number of halogens is 3. The van der Waals surface area contributed by atoms with Crippen molar-refractivity contribution in [2.45, 2.75) is 57.1 Å². The van der Waals surface area contributed by atoms with Gasteiger partial charge in [0.25, 0.3) is 0 Å². The van der Waals surface area contributed by atoms with E-state index in [0.717, 1.165) is 43.5 Å². The zero-order valence-electron chi connectivity index (χ0n) is 23.5. The summed E-state index contributed by atoms with van der Waals surface area (Å²) in [4.78, 5) is 32.2. The molecule has 0 bridgehead atoms. The first kappa shape index (κ1) is 30.4. The first-order valence-electron chi connectivity index (χ1n) is 14.0. The molecule has 2 aliphatic rings. The van der Waals surface area contributed by atoms with Gasteiger partial charge in [-0.15, -0.1) is 0 Å². The summed E-state index contributed by atoms with van der Waals surface area (Å²) < 4.78 is 20.9. The molecule has 0 aromatic heterocycles. The largest absolute Gasteiger partial charge is 0.489 e. The molecule has 0 saturated carbocycles. The van der Waals surface area contributed by atoms with Crippen LogP contribution in [0.15, 0.2) is 36.4 Å². The van der Waals surface area contributed by atoms with Crippen LogP contribution < -0.4 is 10.1 Å². The van der Waals surface area contributed by atoms with E-state index in [9.17, 15) is 14.0 Å². The number of likely N-dealkylation sites (N-methyl/N-ethyl adjacent to an activating group) is 1. The number of rotatable bonds is 9. The van der Waals surface area contributed by atoms with Crippen molar-refractivity contribution in [2.24, 2.45) is 0 Å². The van der Waals surface area contributed by atoms with E-state index in [1.807, 2.05) is 39.2 Å². The smallest absolute Gasteiger partial charge is 0.318 e. The number of carbonyl (C=O) groups is 2. The molecule has 7 nitrogen and oxygen atoms in total. The van der Waals surface area contributed by atoms with Gasteiger partial charge in [0, 0.05) is 49.2 Å². The number of nitrogens with one attached hydrogen (secondary N) is 1. The molecule has 2 aromatic rings. The first-order valence-corrected chi connectivity index (χ1v) is 14.7. The Bertz CT molecular complexity index is 1180. The van der Waals surface area contributed by atoms with E-state index in [1.165, 1.54) is 6.07 Å². The van der Waals surface area contributed by atoms with Crippen LogP contribution in [0, 0.1) is 5.82 Å². The van der Waals surface area contributed by atoms with Crippen LogP contribution in [-0.4, -0.2) is 85.6 Å². The number of piperidine rings is 1. The van der Waals surface area contributed by atoms with Crippen LogP contribution in [-0.2, 0) is 11.2 Å². The quantitative estimate of drug-likeness (QED) is 0.412. The van der Waals surface area contributed by atoms with E-state index in [2.05, 4.69) is 10.2 Å². The highest BCUT2D eigenvalue weighted by Crippen LogP contribution is 2.36. The second-order valence-electron chi connectivity index (χ2n) is 11.1. The molecule has 2 saturated heterocycles. The summed E-state index contributed by atoms with van der Waals surface area (Å²) in [5.74, 6) is 0.292. The first-order chi connectivity index (χ1) is 19.1. The monoisotopic (exact) mass is 592 g/mol. The van der Waals surface area contributed by atoms with Crippen molar-refractivity contribution in [1.29, 1.82) is 0 Å². The number of ether oxygens (including phenoxy) is 1. The normalized spacial score (nSPS) is 17.7. The van der Waals surface area contributed by atoms with Crippen LogP contribution in [0.4, 0.5) is 9.18 Å². The zero-order valence-corrected chi connectivity index (χ0v) is 25.0. The maximum absolute atomic E-state index is 14.7. The number of carbonyl (C=O) groups excluding carboxylic acids is 2. The van der Waals surface area contributed by atoms with Crippen LogP contribution in [0.25, 0.3) is 0 Å². The van der Waals surface area contributed by atoms with E-state index in [1.54, 1.807) is 21.9 Å². The van der Waals surface area contributed by atoms with E-state index in [4.69, 9.17) is 27.9 Å². The molecule has 0 unspecified atom stereocenters. The van der Waals surface area contributed by atoms with Gasteiger partial charge in [-0.1, -0.05) is 35.3 Å². The molecule has 0 aliphatic carbocycles.